The fraction of sp³-hybridized carbons (Fsp3) is 0.389. The first kappa shape index (κ1) is 16.8. The van der Waals surface area contributed by atoms with Crippen molar-refractivity contribution in [3.05, 3.63) is 57.3 Å². The van der Waals surface area contributed by atoms with Crippen LogP contribution in [-0.2, 0) is 6.54 Å². The van der Waals surface area contributed by atoms with E-state index in [-0.39, 0.29) is 5.91 Å². The summed E-state index contributed by atoms with van der Waals surface area (Å²) in [6, 6.07) is 10.4. The van der Waals surface area contributed by atoms with Crippen molar-refractivity contribution in [3.8, 4) is 0 Å². The van der Waals surface area contributed by atoms with Gasteiger partial charge in [-0.2, -0.15) is 0 Å². The van der Waals surface area contributed by atoms with Crippen LogP contribution in [0.5, 0.6) is 0 Å². The maximum absolute atomic E-state index is 12.7. The predicted molar refractivity (Wildman–Crippen MR) is 94.2 cm³/mol. The normalized spacial score (nSPS) is 11.0. The molecule has 1 aromatic heterocycles. The highest BCUT2D eigenvalue weighted by atomic mass is 79.9. The van der Waals surface area contributed by atoms with E-state index in [2.05, 4.69) is 41.3 Å². The predicted octanol–water partition coefficient (Wildman–Crippen LogP) is 4.72. The van der Waals surface area contributed by atoms with Crippen LogP contribution < -0.4 is 0 Å². The highest BCUT2D eigenvalue weighted by molar-refractivity contribution is 9.10. The van der Waals surface area contributed by atoms with Gasteiger partial charge in [0.15, 0.2) is 0 Å². The van der Waals surface area contributed by atoms with E-state index in [1.54, 1.807) is 4.90 Å². The molecule has 118 valence electrons. The molecule has 1 aromatic carbocycles. The molecular formula is C18H23BrN2O. The van der Waals surface area contributed by atoms with Gasteiger partial charge in [0.05, 0.1) is 5.56 Å². The summed E-state index contributed by atoms with van der Waals surface area (Å²) in [6.07, 6.45) is 0. The van der Waals surface area contributed by atoms with Gasteiger partial charge in [0.25, 0.3) is 5.91 Å². The lowest BCUT2D eigenvalue weighted by Gasteiger charge is -2.18. The number of hydrogen-bond acceptors (Lipinski definition) is 1. The van der Waals surface area contributed by atoms with E-state index in [0.29, 0.717) is 12.6 Å². The second-order valence-electron chi connectivity index (χ2n) is 6.04. The summed E-state index contributed by atoms with van der Waals surface area (Å²) in [7, 11) is 1.85. The fourth-order valence-electron chi connectivity index (χ4n) is 2.93. The molecule has 0 spiro atoms. The van der Waals surface area contributed by atoms with Gasteiger partial charge in [-0.05, 0) is 51.5 Å². The highest BCUT2D eigenvalue weighted by Gasteiger charge is 2.20. The molecule has 0 saturated carbocycles. The molecule has 0 aliphatic heterocycles. The van der Waals surface area contributed by atoms with Crippen LogP contribution in [0.4, 0.5) is 0 Å². The minimum Gasteiger partial charge on any atom is -0.346 e. The van der Waals surface area contributed by atoms with Gasteiger partial charge in [-0.3, -0.25) is 4.79 Å². The molecule has 0 saturated heterocycles. The number of halogens is 1. The quantitative estimate of drug-likeness (QED) is 0.772. The number of carbonyl (C=O) groups excluding carboxylic acids is 1. The number of hydrogen-bond donors (Lipinski definition) is 0. The van der Waals surface area contributed by atoms with E-state index in [0.717, 1.165) is 27.0 Å². The molecule has 0 radical (unpaired) electrons. The Morgan fingerprint density at radius 2 is 1.82 bits per heavy atom. The third-order valence-electron chi connectivity index (χ3n) is 3.91. The van der Waals surface area contributed by atoms with Gasteiger partial charge in [-0.25, -0.2) is 0 Å². The summed E-state index contributed by atoms with van der Waals surface area (Å²) in [6.45, 7) is 8.96. The van der Waals surface area contributed by atoms with Crippen LogP contribution in [0.3, 0.4) is 0 Å². The number of benzene rings is 1. The standard InChI is InChI=1S/C18H23BrN2O/c1-12(2)21-13(3)10-17(14(21)4)18(22)20(5)11-15-6-8-16(19)9-7-15/h6-10,12H,11H2,1-5H3. The van der Waals surface area contributed by atoms with Gasteiger partial charge >= 0.3 is 0 Å². The molecule has 0 fully saturated rings. The zero-order valence-electron chi connectivity index (χ0n) is 13.9. The second-order valence-corrected chi connectivity index (χ2v) is 6.95. The third-order valence-corrected chi connectivity index (χ3v) is 4.44. The Bertz CT molecular complexity index is 671. The highest BCUT2D eigenvalue weighted by Crippen LogP contribution is 2.22. The maximum atomic E-state index is 12.7. The number of rotatable bonds is 4. The molecule has 0 atom stereocenters. The Labute approximate surface area is 141 Å². The molecule has 0 unspecified atom stereocenters. The van der Waals surface area contributed by atoms with Crippen LogP contribution in [0.15, 0.2) is 34.8 Å². The number of amides is 1. The van der Waals surface area contributed by atoms with Crippen molar-refractivity contribution in [1.82, 2.24) is 9.47 Å². The molecule has 4 heteroatoms. The lowest BCUT2D eigenvalue weighted by Crippen LogP contribution is -2.26. The van der Waals surface area contributed by atoms with Gasteiger partial charge < -0.3 is 9.47 Å². The molecule has 1 amide bonds. The van der Waals surface area contributed by atoms with E-state index in [9.17, 15) is 4.79 Å². The van der Waals surface area contributed by atoms with Crippen molar-refractivity contribution < 1.29 is 4.79 Å². The number of nitrogens with zero attached hydrogens (tertiary/aromatic N) is 2. The summed E-state index contributed by atoms with van der Waals surface area (Å²) < 4.78 is 3.26. The molecule has 0 aliphatic rings. The van der Waals surface area contributed by atoms with Crippen molar-refractivity contribution in [3.63, 3.8) is 0 Å². The van der Waals surface area contributed by atoms with E-state index < -0.39 is 0 Å². The first-order valence-electron chi connectivity index (χ1n) is 7.49. The Kier molecular flexibility index (Phi) is 5.12. The lowest BCUT2D eigenvalue weighted by atomic mass is 10.2. The van der Waals surface area contributed by atoms with Crippen LogP contribution in [0.1, 0.15) is 47.2 Å². The van der Waals surface area contributed by atoms with E-state index in [1.165, 1.54) is 0 Å². The molecule has 22 heavy (non-hydrogen) atoms. The smallest absolute Gasteiger partial charge is 0.255 e. The first-order chi connectivity index (χ1) is 10.3. The summed E-state index contributed by atoms with van der Waals surface area (Å²) in [4.78, 5) is 14.5. The van der Waals surface area contributed by atoms with E-state index in [4.69, 9.17) is 0 Å². The molecule has 2 rings (SSSR count). The Balaban J connectivity index is 2.20. The largest absolute Gasteiger partial charge is 0.346 e. The third kappa shape index (κ3) is 3.43. The lowest BCUT2D eigenvalue weighted by molar-refractivity contribution is 0.0784. The second kappa shape index (κ2) is 6.69. The first-order valence-corrected chi connectivity index (χ1v) is 8.29. The number of carbonyl (C=O) groups is 1. The van der Waals surface area contributed by atoms with Crippen molar-refractivity contribution in [2.45, 2.75) is 40.3 Å². The van der Waals surface area contributed by atoms with Gasteiger partial charge in [-0.1, -0.05) is 28.1 Å². The summed E-state index contributed by atoms with van der Waals surface area (Å²) in [5.74, 6) is 0.0721. The fourth-order valence-corrected chi connectivity index (χ4v) is 3.19. The van der Waals surface area contributed by atoms with Gasteiger partial charge in [0.2, 0.25) is 0 Å². The molecule has 2 aromatic rings. The number of aryl methyl sites for hydroxylation is 1. The van der Waals surface area contributed by atoms with Crippen molar-refractivity contribution >= 4 is 21.8 Å². The summed E-state index contributed by atoms with van der Waals surface area (Å²) in [5, 5.41) is 0. The maximum Gasteiger partial charge on any atom is 0.255 e. The molecule has 3 nitrogen and oxygen atoms in total. The SMILES string of the molecule is Cc1cc(C(=O)N(C)Cc2ccc(Br)cc2)c(C)n1C(C)C. The molecule has 0 aliphatic carbocycles. The van der Waals surface area contributed by atoms with Gasteiger partial charge in [0.1, 0.15) is 0 Å². The van der Waals surface area contributed by atoms with Crippen LogP contribution in [0.25, 0.3) is 0 Å². The van der Waals surface area contributed by atoms with Gasteiger partial charge in [-0.15, -0.1) is 0 Å². The Morgan fingerprint density at radius 1 is 1.23 bits per heavy atom. The van der Waals surface area contributed by atoms with Crippen LogP contribution in [0.2, 0.25) is 0 Å². The topological polar surface area (TPSA) is 25.2 Å². The zero-order chi connectivity index (χ0) is 16.4. The molecule has 0 bridgehead atoms. The van der Waals surface area contributed by atoms with Crippen LogP contribution >= 0.6 is 15.9 Å². The molecular weight excluding hydrogens is 340 g/mol. The summed E-state index contributed by atoms with van der Waals surface area (Å²) >= 11 is 3.43. The zero-order valence-corrected chi connectivity index (χ0v) is 15.4. The minimum atomic E-state index is 0.0721. The summed E-state index contributed by atoms with van der Waals surface area (Å²) in [5.41, 5.74) is 4.09. The molecule has 0 N–H and O–H groups in total. The average molecular weight is 363 g/mol. The van der Waals surface area contributed by atoms with E-state index >= 15 is 0 Å². The minimum absolute atomic E-state index is 0.0721. The molecule has 1 heterocycles. The monoisotopic (exact) mass is 362 g/mol. The van der Waals surface area contributed by atoms with Crippen molar-refractivity contribution in [1.29, 1.82) is 0 Å². The van der Waals surface area contributed by atoms with Crippen molar-refractivity contribution in [2.75, 3.05) is 7.05 Å². The number of aromatic nitrogens is 1. The van der Waals surface area contributed by atoms with Gasteiger partial charge in [0, 0.05) is 35.5 Å². The van der Waals surface area contributed by atoms with Crippen LogP contribution in [-0.4, -0.2) is 22.4 Å². The van der Waals surface area contributed by atoms with E-state index in [1.807, 2.05) is 44.3 Å². The Morgan fingerprint density at radius 3 is 2.32 bits per heavy atom. The Hall–Kier alpha value is -1.55. The average Bonchev–Trinajstić information content (AvgIpc) is 2.75. The van der Waals surface area contributed by atoms with Crippen LogP contribution in [0, 0.1) is 13.8 Å². The van der Waals surface area contributed by atoms with Crippen molar-refractivity contribution in [2.24, 2.45) is 0 Å².